The minimum absolute atomic E-state index is 0.141. The molecule has 2 aromatic carbocycles. The van der Waals surface area contributed by atoms with E-state index >= 15 is 0 Å². The molecule has 3 heterocycles. The van der Waals surface area contributed by atoms with E-state index in [2.05, 4.69) is 61.7 Å². The van der Waals surface area contributed by atoms with E-state index in [1.807, 2.05) is 38.1 Å². The van der Waals surface area contributed by atoms with E-state index in [1.165, 1.54) is 5.69 Å². The largest absolute Gasteiger partial charge is 0.395 e. The quantitative estimate of drug-likeness (QED) is 0.513. The van der Waals surface area contributed by atoms with E-state index in [9.17, 15) is 10.5 Å². The molecule has 0 bridgehead atoms. The molecule has 3 unspecified atom stereocenters. The Bertz CT molecular complexity index is 1360. The highest BCUT2D eigenvalue weighted by Gasteiger charge is 2.45. The number of anilines is 1. The molecule has 2 aliphatic rings. The molecule has 0 radical (unpaired) electrons. The van der Waals surface area contributed by atoms with Gasteiger partial charge in [-0.15, -0.1) is 0 Å². The highest BCUT2D eigenvalue weighted by molar-refractivity contribution is 5.93. The number of H-pyrrole nitrogens is 1. The fraction of sp³-hybridized carbons (Fsp3) is 0.393. The lowest BCUT2D eigenvalue weighted by atomic mass is 9.67. The van der Waals surface area contributed by atoms with E-state index < -0.39 is 11.3 Å². The fourth-order valence-electron chi connectivity index (χ4n) is 5.65. The van der Waals surface area contributed by atoms with Gasteiger partial charge < -0.3 is 15.3 Å². The number of benzene rings is 2. The summed E-state index contributed by atoms with van der Waals surface area (Å²) in [5, 5.41) is 41.4. The zero-order chi connectivity index (χ0) is 25.3. The monoisotopic (exact) mass is 481 g/mol. The van der Waals surface area contributed by atoms with E-state index in [0.717, 1.165) is 66.1 Å². The van der Waals surface area contributed by atoms with Gasteiger partial charge >= 0.3 is 0 Å². The Labute approximate surface area is 211 Å². The van der Waals surface area contributed by atoms with Crippen LogP contribution in [0.5, 0.6) is 0 Å². The van der Waals surface area contributed by atoms with Crippen LogP contribution in [-0.2, 0) is 5.41 Å². The summed E-state index contributed by atoms with van der Waals surface area (Å²) in [4.78, 5) is 4.65. The van der Waals surface area contributed by atoms with E-state index in [-0.39, 0.29) is 12.6 Å². The first-order valence-electron chi connectivity index (χ1n) is 12.4. The van der Waals surface area contributed by atoms with Crippen LogP contribution in [0.15, 0.2) is 54.2 Å². The van der Waals surface area contributed by atoms with Crippen molar-refractivity contribution in [2.75, 3.05) is 44.2 Å². The summed E-state index contributed by atoms with van der Waals surface area (Å²) < 4.78 is 0. The molecule has 8 heteroatoms. The van der Waals surface area contributed by atoms with Crippen molar-refractivity contribution >= 4 is 16.6 Å². The van der Waals surface area contributed by atoms with Crippen LogP contribution < -0.4 is 10.2 Å². The third-order valence-corrected chi connectivity index (χ3v) is 7.55. The van der Waals surface area contributed by atoms with Crippen molar-refractivity contribution in [3.8, 4) is 23.4 Å². The van der Waals surface area contributed by atoms with Crippen molar-refractivity contribution in [2.24, 2.45) is 5.92 Å². The molecule has 2 aliphatic heterocycles. The summed E-state index contributed by atoms with van der Waals surface area (Å²) in [5.74, 6) is -0.517. The molecule has 36 heavy (non-hydrogen) atoms. The minimum atomic E-state index is -1.03. The maximum atomic E-state index is 10.3. The molecule has 184 valence electrons. The number of fused-ring (bicyclic) bond motifs is 1. The van der Waals surface area contributed by atoms with Crippen LogP contribution in [0, 0.1) is 28.6 Å². The van der Waals surface area contributed by atoms with Crippen molar-refractivity contribution in [3.05, 3.63) is 59.8 Å². The average molecular weight is 482 g/mol. The zero-order valence-corrected chi connectivity index (χ0v) is 20.7. The standard InChI is InChI=1S/C28H31N7O/c1-19-16-28(18-30,25(17-29)20(2)31-19)22-5-8-26-24(15-22)27(33-32-26)21-3-6-23(7-4-21)35-11-9-34(10-12-35)13-14-36/h3-8,15-16,20,25,31,36H,9-14H2,1-2H3,(H,32,33). The second-order valence-corrected chi connectivity index (χ2v) is 9.78. The second kappa shape index (κ2) is 9.66. The van der Waals surface area contributed by atoms with Gasteiger partial charge in [0.2, 0.25) is 0 Å². The lowest BCUT2D eigenvalue weighted by molar-refractivity contribution is 0.189. The summed E-state index contributed by atoms with van der Waals surface area (Å²) in [5.41, 5.74) is 4.56. The number of hydrogen-bond acceptors (Lipinski definition) is 7. The number of nitriles is 2. The van der Waals surface area contributed by atoms with Crippen LogP contribution in [-0.4, -0.2) is 65.6 Å². The fourth-order valence-corrected chi connectivity index (χ4v) is 5.65. The molecule has 0 spiro atoms. The Morgan fingerprint density at radius 1 is 1.11 bits per heavy atom. The number of hydrogen-bond donors (Lipinski definition) is 3. The normalized spacial score (nSPS) is 24.6. The number of piperazine rings is 1. The van der Waals surface area contributed by atoms with Crippen molar-refractivity contribution in [3.63, 3.8) is 0 Å². The first-order valence-corrected chi connectivity index (χ1v) is 12.4. The van der Waals surface area contributed by atoms with Gasteiger partial charge in [-0.05, 0) is 49.8 Å². The van der Waals surface area contributed by atoms with Gasteiger partial charge in [0.05, 0.1) is 35.9 Å². The van der Waals surface area contributed by atoms with Crippen LogP contribution >= 0.6 is 0 Å². The molecule has 1 saturated heterocycles. The lowest BCUT2D eigenvalue weighted by Crippen LogP contribution is -2.48. The SMILES string of the molecule is CC1=CC(C#N)(c2ccc3[nH]nc(-c4ccc(N5CCN(CCO)CC5)cc4)c3c2)C(C#N)C(C)N1. The van der Waals surface area contributed by atoms with Gasteiger partial charge in [0.25, 0.3) is 0 Å². The van der Waals surface area contributed by atoms with Crippen LogP contribution in [0.4, 0.5) is 5.69 Å². The number of nitrogens with one attached hydrogen (secondary N) is 2. The smallest absolute Gasteiger partial charge is 0.120 e. The molecule has 1 aromatic heterocycles. The van der Waals surface area contributed by atoms with Crippen molar-refractivity contribution in [1.82, 2.24) is 20.4 Å². The first kappa shape index (κ1) is 23.9. The summed E-state index contributed by atoms with van der Waals surface area (Å²) in [6.07, 6.45) is 1.89. The molecule has 3 aromatic rings. The van der Waals surface area contributed by atoms with Crippen LogP contribution in [0.25, 0.3) is 22.2 Å². The van der Waals surface area contributed by atoms with Gasteiger partial charge in [0, 0.05) is 61.1 Å². The Kier molecular flexibility index (Phi) is 6.40. The molecule has 5 rings (SSSR count). The van der Waals surface area contributed by atoms with Gasteiger partial charge in [-0.1, -0.05) is 18.2 Å². The number of aromatic nitrogens is 2. The Hall–Kier alpha value is -3.85. The summed E-state index contributed by atoms with van der Waals surface area (Å²) >= 11 is 0. The molecule has 3 atom stereocenters. The highest BCUT2D eigenvalue weighted by Crippen LogP contribution is 2.41. The predicted octanol–water partition coefficient (Wildman–Crippen LogP) is 3.14. The lowest BCUT2D eigenvalue weighted by Gasteiger charge is -2.38. The van der Waals surface area contributed by atoms with Crippen molar-refractivity contribution in [1.29, 1.82) is 10.5 Å². The molecular formula is C28H31N7O. The maximum Gasteiger partial charge on any atom is 0.120 e. The average Bonchev–Trinajstić information content (AvgIpc) is 3.32. The van der Waals surface area contributed by atoms with Gasteiger partial charge in [0.1, 0.15) is 5.41 Å². The van der Waals surface area contributed by atoms with Gasteiger partial charge in [-0.3, -0.25) is 10.00 Å². The number of aliphatic hydroxyl groups excluding tert-OH is 1. The third-order valence-electron chi connectivity index (χ3n) is 7.55. The highest BCUT2D eigenvalue weighted by atomic mass is 16.3. The van der Waals surface area contributed by atoms with Crippen molar-refractivity contribution in [2.45, 2.75) is 25.3 Å². The predicted molar refractivity (Wildman–Crippen MR) is 140 cm³/mol. The van der Waals surface area contributed by atoms with Crippen LogP contribution in [0.2, 0.25) is 0 Å². The number of rotatable bonds is 5. The van der Waals surface area contributed by atoms with E-state index in [4.69, 9.17) is 5.11 Å². The molecule has 8 nitrogen and oxygen atoms in total. The number of allylic oxidation sites excluding steroid dienone is 2. The summed E-state index contributed by atoms with van der Waals surface area (Å²) in [6.45, 7) is 8.58. The zero-order valence-electron chi connectivity index (χ0n) is 20.7. The Morgan fingerprint density at radius 3 is 2.53 bits per heavy atom. The Morgan fingerprint density at radius 2 is 1.86 bits per heavy atom. The molecule has 1 fully saturated rings. The molecule has 0 amide bonds. The number of aromatic amines is 1. The van der Waals surface area contributed by atoms with Gasteiger partial charge in [0.15, 0.2) is 0 Å². The summed E-state index contributed by atoms with van der Waals surface area (Å²) in [7, 11) is 0. The topological polar surface area (TPSA) is 115 Å². The molecular weight excluding hydrogens is 450 g/mol. The molecule has 0 saturated carbocycles. The van der Waals surface area contributed by atoms with Gasteiger partial charge in [-0.2, -0.15) is 15.6 Å². The molecule has 3 N–H and O–H groups in total. The van der Waals surface area contributed by atoms with Crippen molar-refractivity contribution < 1.29 is 5.11 Å². The third kappa shape index (κ3) is 4.09. The van der Waals surface area contributed by atoms with Gasteiger partial charge in [-0.25, -0.2) is 0 Å². The Balaban J connectivity index is 1.47. The number of aliphatic hydroxyl groups is 1. The van der Waals surface area contributed by atoms with E-state index in [1.54, 1.807) is 0 Å². The summed E-state index contributed by atoms with van der Waals surface area (Å²) in [6, 6.07) is 19.0. The molecule has 0 aliphatic carbocycles. The van der Waals surface area contributed by atoms with Crippen LogP contribution in [0.3, 0.4) is 0 Å². The first-order chi connectivity index (χ1) is 17.5. The second-order valence-electron chi connectivity index (χ2n) is 9.78. The van der Waals surface area contributed by atoms with Crippen LogP contribution in [0.1, 0.15) is 19.4 Å². The number of nitrogens with zero attached hydrogens (tertiary/aromatic N) is 5. The minimum Gasteiger partial charge on any atom is -0.395 e. The number of β-amino-alcohol motifs (C(OH)–C–C–N with tert-alkyl or cyclic N) is 1. The van der Waals surface area contributed by atoms with E-state index in [0.29, 0.717) is 0 Å². The maximum absolute atomic E-state index is 10.3.